The zero-order valence-corrected chi connectivity index (χ0v) is 15.1. The molecule has 0 aliphatic carbocycles. The molecule has 4 rings (SSSR count). The maximum atomic E-state index is 12.5. The first-order valence-electron chi connectivity index (χ1n) is 8.40. The number of anilines is 2. The van der Waals surface area contributed by atoms with Gasteiger partial charge in [-0.15, -0.1) is 10.2 Å². The molecular weight excluding hydrogens is 364 g/mol. The lowest BCUT2D eigenvalue weighted by atomic mass is 10.1. The van der Waals surface area contributed by atoms with E-state index >= 15 is 0 Å². The fourth-order valence-electron chi connectivity index (χ4n) is 2.83. The highest BCUT2D eigenvalue weighted by atomic mass is 32.1. The van der Waals surface area contributed by atoms with Crippen molar-refractivity contribution in [3.05, 3.63) is 41.6 Å². The van der Waals surface area contributed by atoms with Crippen molar-refractivity contribution < 1.29 is 9.53 Å². The number of rotatable bonds is 4. The number of amides is 1. The van der Waals surface area contributed by atoms with Crippen LogP contribution in [0, 0.1) is 11.3 Å². The molecular formula is C18H16N6O2S. The van der Waals surface area contributed by atoms with Gasteiger partial charge in [-0.3, -0.25) is 10.1 Å². The van der Waals surface area contributed by atoms with Gasteiger partial charge in [-0.25, -0.2) is 0 Å². The summed E-state index contributed by atoms with van der Waals surface area (Å²) in [5.74, 6) is -0.507. The molecule has 1 saturated heterocycles. The Bertz CT molecular complexity index is 1040. The monoisotopic (exact) mass is 380 g/mol. The van der Waals surface area contributed by atoms with Crippen LogP contribution in [0.15, 0.2) is 36.0 Å². The molecule has 1 fully saturated rings. The summed E-state index contributed by atoms with van der Waals surface area (Å²) in [6, 6.07) is 9.67. The number of fused-ring (bicyclic) bond motifs is 1. The number of nitrogens with zero attached hydrogens (tertiary/aromatic N) is 4. The van der Waals surface area contributed by atoms with Crippen molar-refractivity contribution in [3.63, 3.8) is 0 Å². The second kappa shape index (κ2) is 7.57. The molecule has 0 bridgehead atoms. The minimum Gasteiger partial charge on any atom is -0.378 e. The SMILES string of the molecule is N#C/C(=C/c1c[nH]c2ccccc12)C(=O)Nc1nnc(N2CCOCC2)s1. The van der Waals surface area contributed by atoms with Gasteiger partial charge >= 0.3 is 0 Å². The van der Waals surface area contributed by atoms with Gasteiger partial charge in [-0.1, -0.05) is 29.5 Å². The van der Waals surface area contributed by atoms with Gasteiger partial charge in [0.25, 0.3) is 5.91 Å². The molecule has 1 aromatic carbocycles. The fraction of sp³-hybridized carbons (Fsp3) is 0.222. The summed E-state index contributed by atoms with van der Waals surface area (Å²) >= 11 is 1.28. The van der Waals surface area contributed by atoms with Crippen LogP contribution in [0.3, 0.4) is 0 Å². The van der Waals surface area contributed by atoms with Crippen LogP contribution in [-0.4, -0.2) is 47.4 Å². The van der Waals surface area contributed by atoms with Crippen LogP contribution < -0.4 is 10.2 Å². The van der Waals surface area contributed by atoms with Crippen LogP contribution in [0.4, 0.5) is 10.3 Å². The van der Waals surface area contributed by atoms with Crippen molar-refractivity contribution in [1.82, 2.24) is 15.2 Å². The number of hydrogen-bond donors (Lipinski definition) is 2. The Hall–Kier alpha value is -3.22. The lowest BCUT2D eigenvalue weighted by molar-refractivity contribution is -0.112. The Morgan fingerprint density at radius 3 is 2.96 bits per heavy atom. The van der Waals surface area contributed by atoms with Gasteiger partial charge in [0.15, 0.2) is 0 Å². The smallest absolute Gasteiger partial charge is 0.268 e. The largest absolute Gasteiger partial charge is 0.378 e. The summed E-state index contributed by atoms with van der Waals surface area (Å²) < 4.78 is 5.32. The van der Waals surface area contributed by atoms with Gasteiger partial charge in [0, 0.05) is 35.8 Å². The number of nitriles is 1. The van der Waals surface area contributed by atoms with E-state index in [1.165, 1.54) is 11.3 Å². The summed E-state index contributed by atoms with van der Waals surface area (Å²) in [6.07, 6.45) is 3.34. The van der Waals surface area contributed by atoms with Crippen LogP contribution in [-0.2, 0) is 9.53 Å². The normalized spacial score (nSPS) is 14.9. The van der Waals surface area contributed by atoms with Gasteiger partial charge in [0.05, 0.1) is 13.2 Å². The highest BCUT2D eigenvalue weighted by Gasteiger charge is 2.18. The molecule has 1 aliphatic heterocycles. The number of morpholine rings is 1. The van der Waals surface area contributed by atoms with Crippen molar-refractivity contribution in [1.29, 1.82) is 5.26 Å². The molecule has 3 aromatic rings. The molecule has 0 unspecified atom stereocenters. The summed E-state index contributed by atoms with van der Waals surface area (Å²) in [5, 5.41) is 22.2. The second-order valence-electron chi connectivity index (χ2n) is 5.90. The van der Waals surface area contributed by atoms with E-state index in [-0.39, 0.29) is 5.57 Å². The molecule has 1 aliphatic rings. The first kappa shape index (κ1) is 17.2. The molecule has 27 heavy (non-hydrogen) atoms. The molecule has 3 heterocycles. The topological polar surface area (TPSA) is 107 Å². The number of hydrogen-bond acceptors (Lipinski definition) is 7. The Morgan fingerprint density at radius 2 is 2.15 bits per heavy atom. The summed E-state index contributed by atoms with van der Waals surface area (Å²) in [4.78, 5) is 17.7. The average molecular weight is 380 g/mol. The van der Waals surface area contributed by atoms with E-state index < -0.39 is 5.91 Å². The number of ether oxygens (including phenoxy) is 1. The number of aromatic amines is 1. The number of aromatic nitrogens is 3. The predicted molar refractivity (Wildman–Crippen MR) is 103 cm³/mol. The molecule has 1 amide bonds. The van der Waals surface area contributed by atoms with Crippen LogP contribution in [0.5, 0.6) is 0 Å². The fourth-order valence-corrected chi connectivity index (χ4v) is 3.62. The van der Waals surface area contributed by atoms with Gasteiger partial charge in [-0.05, 0) is 12.1 Å². The van der Waals surface area contributed by atoms with Gasteiger partial charge in [-0.2, -0.15) is 5.26 Å². The molecule has 2 aromatic heterocycles. The predicted octanol–water partition coefficient (Wildman–Crippen LogP) is 2.40. The maximum Gasteiger partial charge on any atom is 0.268 e. The summed E-state index contributed by atoms with van der Waals surface area (Å²) in [6.45, 7) is 2.78. The van der Waals surface area contributed by atoms with E-state index in [9.17, 15) is 10.1 Å². The number of benzene rings is 1. The molecule has 0 spiro atoms. The van der Waals surface area contributed by atoms with Crippen LogP contribution >= 0.6 is 11.3 Å². The van der Waals surface area contributed by atoms with Crippen LogP contribution in [0.25, 0.3) is 17.0 Å². The molecule has 2 N–H and O–H groups in total. The lowest BCUT2D eigenvalue weighted by Crippen LogP contribution is -2.36. The second-order valence-corrected chi connectivity index (χ2v) is 6.86. The standard InChI is InChI=1S/C18H16N6O2S/c19-10-12(9-13-11-20-15-4-2-1-3-14(13)15)16(25)21-17-22-23-18(27-17)24-5-7-26-8-6-24/h1-4,9,11,20H,5-8H2,(H,21,22,25)/b12-9-. The van der Waals surface area contributed by atoms with Gasteiger partial charge in [0.1, 0.15) is 11.6 Å². The van der Waals surface area contributed by atoms with Crippen molar-refractivity contribution in [2.24, 2.45) is 0 Å². The first-order chi connectivity index (χ1) is 13.2. The van der Waals surface area contributed by atoms with Crippen molar-refractivity contribution in [3.8, 4) is 6.07 Å². The zero-order chi connectivity index (χ0) is 18.6. The molecule has 8 nitrogen and oxygen atoms in total. The van der Waals surface area contributed by atoms with Gasteiger partial charge in [0.2, 0.25) is 10.3 Å². The van der Waals surface area contributed by atoms with Gasteiger partial charge < -0.3 is 14.6 Å². The van der Waals surface area contributed by atoms with Crippen molar-refractivity contribution >= 4 is 44.5 Å². The first-order valence-corrected chi connectivity index (χ1v) is 9.22. The quantitative estimate of drug-likeness (QED) is 0.532. The van der Waals surface area contributed by atoms with E-state index in [1.54, 1.807) is 12.3 Å². The van der Waals surface area contributed by atoms with Crippen molar-refractivity contribution in [2.75, 3.05) is 36.5 Å². The zero-order valence-electron chi connectivity index (χ0n) is 14.3. The third-order valence-corrected chi connectivity index (χ3v) is 5.10. The maximum absolute atomic E-state index is 12.5. The minimum atomic E-state index is -0.507. The third kappa shape index (κ3) is 3.67. The van der Waals surface area contributed by atoms with E-state index in [0.29, 0.717) is 18.3 Å². The Balaban J connectivity index is 1.51. The molecule has 0 saturated carbocycles. The van der Waals surface area contributed by atoms with E-state index in [1.807, 2.05) is 30.3 Å². The molecule has 9 heteroatoms. The van der Waals surface area contributed by atoms with E-state index in [4.69, 9.17) is 4.74 Å². The highest BCUT2D eigenvalue weighted by Crippen LogP contribution is 2.25. The third-order valence-electron chi connectivity index (χ3n) is 4.20. The number of carbonyl (C=O) groups is 1. The number of carbonyl (C=O) groups excluding carboxylic acids is 1. The number of H-pyrrole nitrogens is 1. The average Bonchev–Trinajstić information content (AvgIpc) is 3.34. The van der Waals surface area contributed by atoms with Crippen LogP contribution in [0.2, 0.25) is 0 Å². The minimum absolute atomic E-state index is 0.00266. The summed E-state index contributed by atoms with van der Waals surface area (Å²) in [5.41, 5.74) is 1.73. The van der Waals surface area contributed by atoms with E-state index in [0.717, 1.165) is 34.7 Å². The number of para-hydroxylation sites is 1. The van der Waals surface area contributed by atoms with Crippen molar-refractivity contribution in [2.45, 2.75) is 0 Å². The Morgan fingerprint density at radius 1 is 1.33 bits per heavy atom. The highest BCUT2D eigenvalue weighted by molar-refractivity contribution is 7.19. The molecule has 136 valence electrons. The molecule has 0 radical (unpaired) electrons. The lowest BCUT2D eigenvalue weighted by Gasteiger charge is -2.25. The Kier molecular flexibility index (Phi) is 4.82. The molecule has 0 atom stereocenters. The summed E-state index contributed by atoms with van der Waals surface area (Å²) in [7, 11) is 0. The van der Waals surface area contributed by atoms with E-state index in [2.05, 4.69) is 25.4 Å². The number of nitrogens with one attached hydrogen (secondary N) is 2. The Labute approximate surface area is 159 Å². The van der Waals surface area contributed by atoms with Crippen LogP contribution in [0.1, 0.15) is 5.56 Å².